The van der Waals surface area contributed by atoms with Gasteiger partial charge < -0.3 is 0 Å². The van der Waals surface area contributed by atoms with Gasteiger partial charge in [0.15, 0.2) is 0 Å². The summed E-state index contributed by atoms with van der Waals surface area (Å²) in [6, 6.07) is 6.47. The fraction of sp³-hybridized carbons (Fsp3) is 0.167. The molecule has 0 aliphatic heterocycles. The second-order valence-electron chi connectivity index (χ2n) is 3.87. The van der Waals surface area contributed by atoms with Crippen molar-refractivity contribution in [2.24, 2.45) is 5.84 Å². The van der Waals surface area contributed by atoms with E-state index in [1.807, 2.05) is 0 Å². The van der Waals surface area contributed by atoms with Gasteiger partial charge in [0.05, 0.1) is 15.4 Å². The Bertz CT molecular complexity index is 568. The fourth-order valence-corrected chi connectivity index (χ4v) is 3.05. The van der Waals surface area contributed by atoms with Gasteiger partial charge in [0.25, 0.3) is 0 Å². The number of nitrogens with one attached hydrogen (secondary N) is 1. The van der Waals surface area contributed by atoms with Gasteiger partial charge in [-0.05, 0) is 44.6 Å². The molecule has 7 heteroatoms. The highest BCUT2D eigenvalue weighted by Crippen LogP contribution is 2.37. The lowest BCUT2D eigenvalue weighted by atomic mass is 9.96. The van der Waals surface area contributed by atoms with Crippen molar-refractivity contribution in [2.45, 2.75) is 12.2 Å². The largest absolute Gasteiger partial charge is 0.416 e. The van der Waals surface area contributed by atoms with Crippen LogP contribution in [0.1, 0.15) is 22.7 Å². The Morgan fingerprint density at radius 3 is 2.47 bits per heavy atom. The van der Waals surface area contributed by atoms with Gasteiger partial charge in [0.2, 0.25) is 0 Å². The molecule has 19 heavy (non-hydrogen) atoms. The number of halogens is 4. The van der Waals surface area contributed by atoms with E-state index in [2.05, 4.69) is 21.4 Å². The van der Waals surface area contributed by atoms with Crippen LogP contribution in [0.25, 0.3) is 0 Å². The molecule has 0 spiro atoms. The maximum Gasteiger partial charge on any atom is 0.416 e. The molecular weight excluding hydrogens is 341 g/mol. The fourth-order valence-electron chi connectivity index (χ4n) is 1.85. The summed E-state index contributed by atoms with van der Waals surface area (Å²) in [6.07, 6.45) is -4.40. The zero-order valence-electron chi connectivity index (χ0n) is 9.54. The van der Waals surface area contributed by atoms with Crippen LogP contribution in [0.3, 0.4) is 0 Å². The summed E-state index contributed by atoms with van der Waals surface area (Å²) in [6.45, 7) is 0. The van der Waals surface area contributed by atoms with Crippen LogP contribution in [-0.2, 0) is 6.18 Å². The molecule has 3 N–H and O–H groups in total. The summed E-state index contributed by atoms with van der Waals surface area (Å²) in [5.41, 5.74) is 2.57. The molecule has 0 aliphatic carbocycles. The molecule has 0 saturated carbocycles. The highest BCUT2D eigenvalue weighted by atomic mass is 79.9. The van der Waals surface area contributed by atoms with Crippen LogP contribution in [0.4, 0.5) is 13.2 Å². The Hall–Kier alpha value is -0.890. The van der Waals surface area contributed by atoms with Crippen LogP contribution in [0, 0.1) is 0 Å². The minimum atomic E-state index is -4.40. The molecule has 2 nitrogen and oxygen atoms in total. The van der Waals surface area contributed by atoms with E-state index in [0.29, 0.717) is 5.56 Å². The third kappa shape index (κ3) is 3.17. The van der Waals surface area contributed by atoms with Gasteiger partial charge in [-0.3, -0.25) is 5.84 Å². The van der Waals surface area contributed by atoms with Gasteiger partial charge in [-0.2, -0.15) is 13.2 Å². The Labute approximate surface area is 120 Å². The third-order valence-electron chi connectivity index (χ3n) is 2.66. The average Bonchev–Trinajstić information content (AvgIpc) is 2.76. The number of alkyl halides is 3. The summed E-state index contributed by atoms with van der Waals surface area (Å²) in [5.74, 6) is 5.43. The van der Waals surface area contributed by atoms with Crippen molar-refractivity contribution in [3.8, 4) is 0 Å². The van der Waals surface area contributed by atoms with Gasteiger partial charge in [0.1, 0.15) is 0 Å². The quantitative estimate of drug-likeness (QED) is 0.646. The molecular formula is C12H10BrF3N2S. The lowest BCUT2D eigenvalue weighted by Gasteiger charge is -2.20. The van der Waals surface area contributed by atoms with Crippen molar-refractivity contribution >= 4 is 27.3 Å². The average molecular weight is 351 g/mol. The maximum atomic E-state index is 13.0. The smallest absolute Gasteiger partial charge is 0.271 e. The van der Waals surface area contributed by atoms with E-state index >= 15 is 0 Å². The first-order chi connectivity index (χ1) is 8.93. The van der Waals surface area contributed by atoms with Crippen LogP contribution in [-0.4, -0.2) is 0 Å². The predicted molar refractivity (Wildman–Crippen MR) is 72.6 cm³/mol. The number of rotatable bonds is 3. The van der Waals surface area contributed by atoms with E-state index in [-0.39, 0.29) is 5.56 Å². The number of thiophene rings is 1. The maximum absolute atomic E-state index is 13.0. The van der Waals surface area contributed by atoms with Crippen LogP contribution in [0.15, 0.2) is 39.5 Å². The molecule has 0 aliphatic rings. The third-order valence-corrected chi connectivity index (χ3v) is 4.19. The highest BCUT2D eigenvalue weighted by Gasteiger charge is 2.35. The first-order valence-electron chi connectivity index (χ1n) is 5.29. The Balaban J connectivity index is 2.50. The molecule has 1 aromatic heterocycles. The molecule has 102 valence electrons. The SMILES string of the molecule is NNC(c1csc(Br)c1)c1ccccc1C(F)(F)F. The van der Waals surface area contributed by atoms with Crippen LogP contribution in [0.5, 0.6) is 0 Å². The van der Waals surface area contributed by atoms with E-state index < -0.39 is 17.8 Å². The summed E-state index contributed by atoms with van der Waals surface area (Å²) in [4.78, 5) is 0. The van der Waals surface area contributed by atoms with Crippen molar-refractivity contribution in [1.29, 1.82) is 0 Å². The van der Waals surface area contributed by atoms with Crippen molar-refractivity contribution in [1.82, 2.24) is 5.43 Å². The van der Waals surface area contributed by atoms with Gasteiger partial charge in [0, 0.05) is 0 Å². The molecule has 0 fully saturated rings. The minimum Gasteiger partial charge on any atom is -0.271 e. The standard InChI is InChI=1S/C12H10BrF3N2S/c13-10-5-7(6-19-10)11(18-17)8-3-1-2-4-9(8)12(14,15)16/h1-6,11,18H,17H2. The molecule has 1 heterocycles. The minimum absolute atomic E-state index is 0.114. The van der Waals surface area contributed by atoms with E-state index in [4.69, 9.17) is 5.84 Å². The molecule has 0 saturated heterocycles. The first-order valence-corrected chi connectivity index (χ1v) is 6.97. The molecule has 1 unspecified atom stereocenters. The molecule has 1 atom stereocenters. The van der Waals surface area contributed by atoms with E-state index in [1.165, 1.54) is 23.5 Å². The zero-order chi connectivity index (χ0) is 14.0. The molecule has 2 rings (SSSR count). The van der Waals surface area contributed by atoms with Crippen LogP contribution >= 0.6 is 27.3 Å². The first kappa shape index (κ1) is 14.5. The van der Waals surface area contributed by atoms with E-state index in [9.17, 15) is 13.2 Å². The lowest BCUT2D eigenvalue weighted by Crippen LogP contribution is -2.30. The summed E-state index contributed by atoms with van der Waals surface area (Å²) in [7, 11) is 0. The normalized spacial score (nSPS) is 13.5. The second-order valence-corrected chi connectivity index (χ2v) is 6.16. The van der Waals surface area contributed by atoms with Crippen LogP contribution in [0.2, 0.25) is 0 Å². The van der Waals surface area contributed by atoms with E-state index in [0.717, 1.165) is 9.85 Å². The van der Waals surface area contributed by atoms with Gasteiger partial charge in [-0.15, -0.1) is 11.3 Å². The topological polar surface area (TPSA) is 38.0 Å². The molecule has 1 aromatic carbocycles. The Kier molecular flexibility index (Phi) is 4.29. The van der Waals surface area contributed by atoms with Gasteiger partial charge in [-0.1, -0.05) is 18.2 Å². The predicted octanol–water partition coefficient (Wildman–Crippen LogP) is 4.08. The number of benzene rings is 1. The number of hydrazine groups is 1. The van der Waals surface area contributed by atoms with Gasteiger partial charge in [-0.25, -0.2) is 5.43 Å². The highest BCUT2D eigenvalue weighted by molar-refractivity contribution is 9.11. The monoisotopic (exact) mass is 350 g/mol. The molecule has 0 radical (unpaired) electrons. The summed E-state index contributed by atoms with van der Waals surface area (Å²) in [5, 5.41) is 1.77. The number of hydrogen-bond donors (Lipinski definition) is 2. The number of hydrogen-bond acceptors (Lipinski definition) is 3. The Morgan fingerprint density at radius 1 is 1.26 bits per heavy atom. The lowest BCUT2D eigenvalue weighted by molar-refractivity contribution is -0.138. The molecule has 2 aromatic rings. The number of nitrogens with two attached hydrogens (primary N) is 1. The van der Waals surface area contributed by atoms with Crippen molar-refractivity contribution in [3.63, 3.8) is 0 Å². The molecule has 0 amide bonds. The summed E-state index contributed by atoms with van der Waals surface area (Å²) >= 11 is 4.68. The van der Waals surface area contributed by atoms with Gasteiger partial charge >= 0.3 is 6.18 Å². The summed E-state index contributed by atoms with van der Waals surface area (Å²) < 4.78 is 39.8. The van der Waals surface area contributed by atoms with Crippen LogP contribution < -0.4 is 11.3 Å². The Morgan fingerprint density at radius 2 is 1.95 bits per heavy atom. The van der Waals surface area contributed by atoms with Crippen molar-refractivity contribution in [2.75, 3.05) is 0 Å². The van der Waals surface area contributed by atoms with Crippen molar-refractivity contribution < 1.29 is 13.2 Å². The van der Waals surface area contributed by atoms with Crippen molar-refractivity contribution in [3.05, 3.63) is 56.2 Å². The molecule has 0 bridgehead atoms. The van der Waals surface area contributed by atoms with E-state index in [1.54, 1.807) is 17.5 Å². The zero-order valence-corrected chi connectivity index (χ0v) is 11.9. The second kappa shape index (κ2) is 5.62.